The summed E-state index contributed by atoms with van der Waals surface area (Å²) < 4.78 is 5.31. The van der Waals surface area contributed by atoms with Crippen molar-refractivity contribution in [1.29, 1.82) is 0 Å². The van der Waals surface area contributed by atoms with Crippen LogP contribution < -0.4 is 10.2 Å². The molecule has 0 fully saturated rings. The van der Waals surface area contributed by atoms with Gasteiger partial charge in [0.2, 0.25) is 11.7 Å². The number of hydrogen-bond donors (Lipinski definition) is 1. The van der Waals surface area contributed by atoms with Crippen molar-refractivity contribution in [3.05, 3.63) is 59.7 Å². The minimum absolute atomic E-state index is 0.0656. The molecule has 148 valence electrons. The average molecular weight is 382 g/mol. The van der Waals surface area contributed by atoms with Gasteiger partial charge in [-0.15, -0.1) is 0 Å². The van der Waals surface area contributed by atoms with Gasteiger partial charge in [-0.1, -0.05) is 6.92 Å². The highest BCUT2D eigenvalue weighted by molar-refractivity contribution is 6.02. The van der Waals surface area contributed by atoms with E-state index in [9.17, 15) is 14.4 Å². The van der Waals surface area contributed by atoms with Crippen molar-refractivity contribution < 1.29 is 19.1 Å². The van der Waals surface area contributed by atoms with E-state index < -0.39 is 12.1 Å². The van der Waals surface area contributed by atoms with Crippen LogP contribution in [-0.2, 0) is 9.53 Å². The lowest BCUT2D eigenvalue weighted by Gasteiger charge is -2.14. The molecule has 2 aromatic carbocycles. The molecule has 0 heterocycles. The zero-order valence-electron chi connectivity index (χ0n) is 16.7. The highest BCUT2D eigenvalue weighted by atomic mass is 16.5. The highest BCUT2D eigenvalue weighted by Gasteiger charge is 2.20. The fourth-order valence-corrected chi connectivity index (χ4v) is 2.58. The molecular weight excluding hydrogens is 356 g/mol. The van der Waals surface area contributed by atoms with Gasteiger partial charge in [-0.3, -0.25) is 9.59 Å². The number of nitrogens with one attached hydrogen (secondary N) is 1. The molecule has 1 atom stereocenters. The first-order valence-corrected chi connectivity index (χ1v) is 9.24. The zero-order chi connectivity index (χ0) is 20.7. The van der Waals surface area contributed by atoms with Crippen molar-refractivity contribution in [2.75, 3.05) is 24.3 Å². The molecule has 0 saturated carbocycles. The van der Waals surface area contributed by atoms with Crippen molar-refractivity contribution >= 4 is 29.0 Å². The van der Waals surface area contributed by atoms with Crippen LogP contribution in [0, 0.1) is 0 Å². The number of hydrogen-bond acceptors (Lipinski definition) is 5. The molecule has 0 aliphatic carbocycles. The summed E-state index contributed by atoms with van der Waals surface area (Å²) in [4.78, 5) is 38.3. The van der Waals surface area contributed by atoms with Gasteiger partial charge >= 0.3 is 5.97 Å². The fourth-order valence-electron chi connectivity index (χ4n) is 2.58. The van der Waals surface area contributed by atoms with Crippen LogP contribution in [0.5, 0.6) is 0 Å². The molecule has 0 radical (unpaired) electrons. The van der Waals surface area contributed by atoms with Gasteiger partial charge in [0, 0.05) is 37.5 Å². The van der Waals surface area contributed by atoms with Gasteiger partial charge in [-0.05, 0) is 61.9 Å². The van der Waals surface area contributed by atoms with E-state index in [0.29, 0.717) is 23.2 Å². The van der Waals surface area contributed by atoms with E-state index in [2.05, 4.69) is 5.32 Å². The smallest absolute Gasteiger partial charge is 0.338 e. The molecule has 0 saturated heterocycles. The minimum atomic E-state index is -0.915. The maximum absolute atomic E-state index is 12.5. The number of esters is 1. The number of carbonyl (C=O) groups is 3. The number of amides is 1. The second kappa shape index (κ2) is 9.69. The summed E-state index contributed by atoms with van der Waals surface area (Å²) in [6, 6.07) is 13.5. The number of ether oxygens (including phenoxy) is 1. The van der Waals surface area contributed by atoms with E-state index in [1.165, 1.54) is 0 Å². The van der Waals surface area contributed by atoms with E-state index >= 15 is 0 Å². The number of nitrogens with zero attached hydrogens (tertiary/aromatic N) is 1. The van der Waals surface area contributed by atoms with Crippen LogP contribution in [0.1, 0.15) is 47.4 Å². The van der Waals surface area contributed by atoms with Crippen LogP contribution in [0.3, 0.4) is 0 Å². The summed E-state index contributed by atoms with van der Waals surface area (Å²) in [6.07, 6.45) is 0.299. The molecule has 0 aromatic heterocycles. The first-order chi connectivity index (χ1) is 13.3. The molecule has 0 unspecified atom stereocenters. The van der Waals surface area contributed by atoms with E-state index in [4.69, 9.17) is 4.74 Å². The number of benzene rings is 2. The van der Waals surface area contributed by atoms with Gasteiger partial charge in [-0.2, -0.15) is 0 Å². The molecular formula is C22H26N2O4. The molecule has 0 spiro atoms. The summed E-state index contributed by atoms with van der Waals surface area (Å²) in [7, 11) is 3.82. The lowest BCUT2D eigenvalue weighted by atomic mass is 10.1. The van der Waals surface area contributed by atoms with E-state index in [1.807, 2.05) is 38.1 Å². The Balaban J connectivity index is 1.97. The standard InChI is InChI=1S/C22H26N2O4/c1-5-6-20(25)23-18-11-7-16(8-12-18)21(26)15(2)28-22(27)17-9-13-19(14-10-17)24(3)4/h7-15H,5-6H2,1-4H3,(H,23,25)/t15-/m0/s1. The largest absolute Gasteiger partial charge is 0.451 e. The third-order valence-electron chi connectivity index (χ3n) is 4.20. The fraction of sp³-hybridized carbons (Fsp3) is 0.318. The molecule has 6 heteroatoms. The van der Waals surface area contributed by atoms with Crippen molar-refractivity contribution in [1.82, 2.24) is 0 Å². The first kappa shape index (κ1) is 21.2. The Bertz CT molecular complexity index is 827. The first-order valence-electron chi connectivity index (χ1n) is 9.24. The summed E-state index contributed by atoms with van der Waals surface area (Å²) in [5.41, 5.74) is 2.39. The van der Waals surface area contributed by atoms with Crippen LogP contribution in [-0.4, -0.2) is 37.9 Å². The molecule has 28 heavy (non-hydrogen) atoms. The molecule has 0 aliphatic rings. The lowest BCUT2D eigenvalue weighted by molar-refractivity contribution is -0.116. The van der Waals surface area contributed by atoms with Gasteiger partial charge in [0.15, 0.2) is 6.10 Å². The van der Waals surface area contributed by atoms with Gasteiger partial charge < -0.3 is 15.0 Å². The molecule has 6 nitrogen and oxygen atoms in total. The van der Waals surface area contributed by atoms with E-state index in [1.54, 1.807) is 43.3 Å². The van der Waals surface area contributed by atoms with Crippen LogP contribution >= 0.6 is 0 Å². The molecule has 1 N–H and O–H groups in total. The number of ketones is 1. The SMILES string of the molecule is CCCC(=O)Nc1ccc(C(=O)[C@H](C)OC(=O)c2ccc(N(C)C)cc2)cc1. The molecule has 0 aliphatic heterocycles. The van der Waals surface area contributed by atoms with Crippen LogP contribution in [0.15, 0.2) is 48.5 Å². The van der Waals surface area contributed by atoms with Crippen molar-refractivity contribution in [3.63, 3.8) is 0 Å². The normalized spacial score (nSPS) is 11.4. The second-order valence-electron chi connectivity index (χ2n) is 6.73. The Labute approximate surface area is 165 Å². The van der Waals surface area contributed by atoms with E-state index in [-0.39, 0.29) is 11.7 Å². The van der Waals surface area contributed by atoms with Crippen LogP contribution in [0.25, 0.3) is 0 Å². The number of rotatable bonds is 8. The summed E-state index contributed by atoms with van der Waals surface area (Å²) >= 11 is 0. The monoisotopic (exact) mass is 382 g/mol. The Kier molecular flexibility index (Phi) is 7.32. The Morgan fingerprint density at radius 2 is 1.54 bits per heavy atom. The maximum atomic E-state index is 12.5. The lowest BCUT2D eigenvalue weighted by Crippen LogP contribution is -2.24. The summed E-state index contributed by atoms with van der Waals surface area (Å²) in [5.74, 6) is -0.913. The quantitative estimate of drug-likeness (QED) is 0.553. The Hall–Kier alpha value is -3.15. The van der Waals surface area contributed by atoms with Gasteiger partial charge in [0.05, 0.1) is 5.56 Å². The molecule has 2 rings (SSSR count). The summed E-state index contributed by atoms with van der Waals surface area (Å²) in [5, 5.41) is 2.77. The predicted molar refractivity (Wildman–Crippen MR) is 110 cm³/mol. The molecule has 1 amide bonds. The Morgan fingerprint density at radius 1 is 0.964 bits per heavy atom. The predicted octanol–water partition coefficient (Wildman–Crippen LogP) is 3.92. The Morgan fingerprint density at radius 3 is 2.07 bits per heavy atom. The number of carbonyl (C=O) groups excluding carboxylic acids is 3. The second-order valence-corrected chi connectivity index (χ2v) is 6.73. The molecule has 0 bridgehead atoms. The minimum Gasteiger partial charge on any atom is -0.451 e. The highest BCUT2D eigenvalue weighted by Crippen LogP contribution is 2.16. The van der Waals surface area contributed by atoms with Gasteiger partial charge in [0.1, 0.15) is 0 Å². The third-order valence-corrected chi connectivity index (χ3v) is 4.20. The molecule has 2 aromatic rings. The van der Waals surface area contributed by atoms with Crippen molar-refractivity contribution in [3.8, 4) is 0 Å². The topological polar surface area (TPSA) is 75.7 Å². The van der Waals surface area contributed by atoms with Crippen LogP contribution in [0.2, 0.25) is 0 Å². The zero-order valence-corrected chi connectivity index (χ0v) is 16.7. The van der Waals surface area contributed by atoms with Gasteiger partial charge in [0.25, 0.3) is 0 Å². The number of anilines is 2. The summed E-state index contributed by atoms with van der Waals surface area (Å²) in [6.45, 7) is 3.48. The van der Waals surface area contributed by atoms with E-state index in [0.717, 1.165) is 12.1 Å². The van der Waals surface area contributed by atoms with Crippen molar-refractivity contribution in [2.45, 2.75) is 32.8 Å². The van der Waals surface area contributed by atoms with Crippen LogP contribution in [0.4, 0.5) is 11.4 Å². The number of Topliss-reactive ketones (excluding diaryl/α,β-unsaturated/α-hetero) is 1. The average Bonchev–Trinajstić information content (AvgIpc) is 2.68. The van der Waals surface area contributed by atoms with Gasteiger partial charge in [-0.25, -0.2) is 4.79 Å². The maximum Gasteiger partial charge on any atom is 0.338 e. The third kappa shape index (κ3) is 5.67. The van der Waals surface area contributed by atoms with Crippen molar-refractivity contribution in [2.24, 2.45) is 0 Å².